The van der Waals surface area contributed by atoms with Gasteiger partial charge in [0, 0.05) is 12.7 Å². The van der Waals surface area contributed by atoms with E-state index in [4.69, 9.17) is 0 Å². The summed E-state index contributed by atoms with van der Waals surface area (Å²) < 4.78 is 0. The van der Waals surface area contributed by atoms with Gasteiger partial charge in [0.15, 0.2) is 0 Å². The second-order valence-corrected chi connectivity index (χ2v) is 6.52. The Morgan fingerprint density at radius 1 is 1.12 bits per heavy atom. The first-order chi connectivity index (χ1) is 12.4. The van der Waals surface area contributed by atoms with Gasteiger partial charge in [-0.1, -0.05) is 29.8 Å². The van der Waals surface area contributed by atoms with Gasteiger partial charge in [-0.3, -0.25) is 14.4 Å². The molecule has 0 unspecified atom stereocenters. The summed E-state index contributed by atoms with van der Waals surface area (Å²) in [6.07, 6.45) is 0. The van der Waals surface area contributed by atoms with Crippen molar-refractivity contribution in [2.24, 2.45) is 0 Å². The molecule has 0 saturated heterocycles. The summed E-state index contributed by atoms with van der Waals surface area (Å²) in [5.74, 6) is -0.829. The Kier molecular flexibility index (Phi) is 4.75. The number of anilines is 2. The van der Waals surface area contributed by atoms with Gasteiger partial charge in [0.25, 0.3) is 5.91 Å². The van der Waals surface area contributed by atoms with Crippen molar-refractivity contribution in [3.8, 4) is 0 Å². The maximum atomic E-state index is 12.6. The van der Waals surface area contributed by atoms with E-state index in [1.165, 1.54) is 9.80 Å². The molecule has 2 aromatic carbocycles. The highest BCUT2D eigenvalue weighted by atomic mass is 16.2. The zero-order chi connectivity index (χ0) is 18.8. The van der Waals surface area contributed by atoms with Crippen LogP contribution in [0.2, 0.25) is 0 Å². The third kappa shape index (κ3) is 3.44. The van der Waals surface area contributed by atoms with E-state index in [0.29, 0.717) is 16.9 Å². The van der Waals surface area contributed by atoms with Crippen LogP contribution in [0.5, 0.6) is 0 Å². The maximum absolute atomic E-state index is 12.6. The number of nitrogens with zero attached hydrogens (tertiary/aromatic N) is 2. The number of amides is 3. The van der Waals surface area contributed by atoms with Crippen molar-refractivity contribution in [3.63, 3.8) is 0 Å². The monoisotopic (exact) mass is 351 g/mol. The van der Waals surface area contributed by atoms with Crippen molar-refractivity contribution in [1.29, 1.82) is 0 Å². The van der Waals surface area contributed by atoms with Gasteiger partial charge in [0.05, 0.1) is 11.3 Å². The highest BCUT2D eigenvalue weighted by Crippen LogP contribution is 2.25. The first-order valence-electron chi connectivity index (χ1n) is 8.39. The van der Waals surface area contributed by atoms with Crippen molar-refractivity contribution in [3.05, 3.63) is 59.2 Å². The first-order valence-corrected chi connectivity index (χ1v) is 8.39. The molecule has 0 radical (unpaired) electrons. The molecule has 6 heteroatoms. The fraction of sp³-hybridized carbons (Fsp3) is 0.250. The average molecular weight is 351 g/mol. The molecule has 3 amide bonds. The molecule has 3 rings (SSSR count). The van der Waals surface area contributed by atoms with Crippen LogP contribution < -0.4 is 10.2 Å². The Bertz CT molecular complexity index is 892. The van der Waals surface area contributed by atoms with Gasteiger partial charge in [-0.2, -0.15) is 0 Å². The standard InChI is InChI=1S/C20H21N3O3/c1-13-8-9-16(14(2)10-13)21-18(24)11-23-17-7-5-4-6-15(17)20(26)22(3)12-19(23)25/h4-10H,11-12H2,1-3H3,(H,21,24). The van der Waals surface area contributed by atoms with Gasteiger partial charge in [-0.15, -0.1) is 0 Å². The highest BCUT2D eigenvalue weighted by molar-refractivity contribution is 6.12. The van der Waals surface area contributed by atoms with E-state index in [1.54, 1.807) is 31.3 Å². The Morgan fingerprint density at radius 2 is 1.85 bits per heavy atom. The third-order valence-corrected chi connectivity index (χ3v) is 4.40. The second-order valence-electron chi connectivity index (χ2n) is 6.52. The van der Waals surface area contributed by atoms with Crippen molar-refractivity contribution in [1.82, 2.24) is 4.90 Å². The molecule has 0 spiro atoms. The van der Waals surface area contributed by atoms with Gasteiger partial charge in [0.2, 0.25) is 11.8 Å². The zero-order valence-corrected chi connectivity index (χ0v) is 15.1. The molecule has 0 aliphatic carbocycles. The van der Waals surface area contributed by atoms with Gasteiger partial charge in [0.1, 0.15) is 13.1 Å². The van der Waals surface area contributed by atoms with Gasteiger partial charge in [-0.05, 0) is 37.6 Å². The molecule has 1 heterocycles. The Hall–Kier alpha value is -3.15. The molecular formula is C20H21N3O3. The number of nitrogens with one attached hydrogen (secondary N) is 1. The molecule has 0 atom stereocenters. The highest BCUT2D eigenvalue weighted by Gasteiger charge is 2.30. The lowest BCUT2D eigenvalue weighted by Crippen LogP contribution is -2.41. The maximum Gasteiger partial charge on any atom is 0.256 e. The summed E-state index contributed by atoms with van der Waals surface area (Å²) in [5, 5.41) is 2.85. The smallest absolute Gasteiger partial charge is 0.256 e. The van der Waals surface area contributed by atoms with Crippen LogP contribution in [0, 0.1) is 13.8 Å². The lowest BCUT2D eigenvalue weighted by atomic mass is 10.1. The van der Waals surface area contributed by atoms with E-state index >= 15 is 0 Å². The van der Waals surface area contributed by atoms with Gasteiger partial charge < -0.3 is 15.1 Å². The fourth-order valence-corrected chi connectivity index (χ4v) is 3.05. The van der Waals surface area contributed by atoms with Crippen molar-refractivity contribution in [2.45, 2.75) is 13.8 Å². The Morgan fingerprint density at radius 3 is 2.58 bits per heavy atom. The van der Waals surface area contributed by atoms with Crippen LogP contribution in [0.3, 0.4) is 0 Å². The average Bonchev–Trinajstić information content (AvgIpc) is 2.68. The summed E-state index contributed by atoms with van der Waals surface area (Å²) in [7, 11) is 1.58. The number of hydrogen-bond acceptors (Lipinski definition) is 3. The van der Waals surface area contributed by atoms with Crippen molar-refractivity contribution in [2.75, 3.05) is 30.4 Å². The number of hydrogen-bond donors (Lipinski definition) is 1. The SMILES string of the molecule is Cc1ccc(NC(=O)CN2C(=O)CN(C)C(=O)c3ccccc32)c(C)c1. The predicted molar refractivity (Wildman–Crippen MR) is 100 cm³/mol. The van der Waals surface area contributed by atoms with Crippen LogP contribution in [0.25, 0.3) is 0 Å². The van der Waals surface area contributed by atoms with Crippen LogP contribution >= 0.6 is 0 Å². The Labute approximate surface area is 152 Å². The Balaban J connectivity index is 1.85. The van der Waals surface area contributed by atoms with Crippen LogP contribution in [-0.4, -0.2) is 42.8 Å². The van der Waals surface area contributed by atoms with E-state index in [2.05, 4.69) is 5.32 Å². The molecular weight excluding hydrogens is 330 g/mol. The molecule has 0 bridgehead atoms. The number of carbonyl (C=O) groups excluding carboxylic acids is 3. The lowest BCUT2D eigenvalue weighted by molar-refractivity contribution is -0.121. The molecule has 0 fully saturated rings. The van der Waals surface area contributed by atoms with Crippen LogP contribution in [0.1, 0.15) is 21.5 Å². The molecule has 0 saturated carbocycles. The van der Waals surface area contributed by atoms with Crippen LogP contribution in [0.4, 0.5) is 11.4 Å². The molecule has 6 nitrogen and oxygen atoms in total. The van der Waals surface area contributed by atoms with Gasteiger partial charge in [-0.25, -0.2) is 0 Å². The number of likely N-dealkylation sites (N-methyl/N-ethyl adjacent to an activating group) is 1. The molecule has 1 aliphatic heterocycles. The number of fused-ring (bicyclic) bond motifs is 1. The molecule has 0 aromatic heterocycles. The van der Waals surface area contributed by atoms with Crippen LogP contribution in [-0.2, 0) is 9.59 Å². The van der Waals surface area contributed by atoms with Crippen LogP contribution in [0.15, 0.2) is 42.5 Å². The molecule has 2 aromatic rings. The van der Waals surface area contributed by atoms with E-state index in [9.17, 15) is 14.4 Å². The number of para-hydroxylation sites is 1. The summed E-state index contributed by atoms with van der Waals surface area (Å²) >= 11 is 0. The largest absolute Gasteiger partial charge is 0.332 e. The zero-order valence-electron chi connectivity index (χ0n) is 15.1. The van der Waals surface area contributed by atoms with E-state index in [-0.39, 0.29) is 30.8 Å². The number of carbonyl (C=O) groups is 3. The topological polar surface area (TPSA) is 69.7 Å². The summed E-state index contributed by atoms with van der Waals surface area (Å²) in [6, 6.07) is 12.6. The fourth-order valence-electron chi connectivity index (χ4n) is 3.05. The quantitative estimate of drug-likeness (QED) is 0.923. The molecule has 1 N–H and O–H groups in total. The minimum absolute atomic E-state index is 0.0651. The molecule has 26 heavy (non-hydrogen) atoms. The predicted octanol–water partition coefficient (Wildman–Crippen LogP) is 2.36. The minimum Gasteiger partial charge on any atom is -0.332 e. The van der Waals surface area contributed by atoms with Crippen molar-refractivity contribution < 1.29 is 14.4 Å². The third-order valence-electron chi connectivity index (χ3n) is 4.40. The summed E-state index contributed by atoms with van der Waals surface area (Å²) in [6.45, 7) is 3.69. The van der Waals surface area contributed by atoms with E-state index in [0.717, 1.165) is 11.1 Å². The minimum atomic E-state index is -0.308. The number of rotatable bonds is 3. The number of benzene rings is 2. The normalized spacial score (nSPS) is 14.1. The van der Waals surface area contributed by atoms with E-state index in [1.807, 2.05) is 32.0 Å². The molecule has 134 valence electrons. The molecule has 1 aliphatic rings. The van der Waals surface area contributed by atoms with E-state index < -0.39 is 0 Å². The second kappa shape index (κ2) is 7.00. The number of aryl methyl sites for hydroxylation is 2. The lowest BCUT2D eigenvalue weighted by Gasteiger charge is -2.22. The van der Waals surface area contributed by atoms with Crippen molar-refractivity contribution >= 4 is 29.1 Å². The summed E-state index contributed by atoms with van der Waals surface area (Å²) in [5.41, 5.74) is 3.65. The summed E-state index contributed by atoms with van der Waals surface area (Å²) in [4.78, 5) is 40.3. The van der Waals surface area contributed by atoms with Gasteiger partial charge >= 0.3 is 0 Å². The first kappa shape index (κ1) is 17.7.